The van der Waals surface area contributed by atoms with E-state index in [4.69, 9.17) is 4.74 Å². The van der Waals surface area contributed by atoms with Gasteiger partial charge in [-0.2, -0.15) is 0 Å². The van der Waals surface area contributed by atoms with Crippen molar-refractivity contribution >= 4 is 5.97 Å². The Hall–Kier alpha value is -2.55. The second-order valence-corrected chi connectivity index (χ2v) is 5.66. The van der Waals surface area contributed by atoms with Gasteiger partial charge in [0.15, 0.2) is 0 Å². The van der Waals surface area contributed by atoms with E-state index in [9.17, 15) is 9.90 Å². The van der Waals surface area contributed by atoms with Crippen molar-refractivity contribution in [2.24, 2.45) is 0 Å². The predicted octanol–water partition coefficient (Wildman–Crippen LogP) is 3.76. The molecule has 1 aliphatic heterocycles. The van der Waals surface area contributed by atoms with E-state index in [0.29, 0.717) is 6.42 Å². The molecule has 0 radical (unpaired) electrons. The van der Waals surface area contributed by atoms with Crippen molar-refractivity contribution in [3.63, 3.8) is 0 Å². The molecule has 22 heavy (non-hydrogen) atoms. The third-order valence-electron chi connectivity index (χ3n) is 4.25. The van der Waals surface area contributed by atoms with Gasteiger partial charge in [-0.15, -0.1) is 5.92 Å². The Labute approximate surface area is 128 Å². The zero-order valence-electron chi connectivity index (χ0n) is 11.9. The van der Waals surface area contributed by atoms with Crippen LogP contribution in [0.4, 0.5) is 0 Å². The number of ether oxygens (including phenoxy) is 1. The molecule has 3 heteroatoms. The maximum absolute atomic E-state index is 11.5. The Balaban J connectivity index is 1.70. The van der Waals surface area contributed by atoms with Gasteiger partial charge >= 0.3 is 5.97 Å². The van der Waals surface area contributed by atoms with Crippen LogP contribution in [0.25, 0.3) is 11.1 Å². The average Bonchev–Trinajstić information content (AvgIpc) is 2.81. The Morgan fingerprint density at radius 2 is 1.59 bits per heavy atom. The molecule has 2 aromatic rings. The van der Waals surface area contributed by atoms with Gasteiger partial charge in [0.05, 0.1) is 6.08 Å². The molecule has 4 rings (SSSR count). The van der Waals surface area contributed by atoms with E-state index in [0.717, 1.165) is 6.08 Å². The molecule has 0 bridgehead atoms. The number of aliphatic hydroxyl groups is 1. The molecule has 0 fully saturated rings. The van der Waals surface area contributed by atoms with E-state index < -0.39 is 12.1 Å². The number of benzene rings is 2. The third kappa shape index (κ3) is 2.10. The van der Waals surface area contributed by atoms with Crippen molar-refractivity contribution in [3.8, 4) is 11.1 Å². The fourth-order valence-corrected chi connectivity index (χ4v) is 3.35. The summed E-state index contributed by atoms with van der Waals surface area (Å²) < 4.78 is 5.32. The number of aliphatic hydroxyl groups excluding tert-OH is 1. The van der Waals surface area contributed by atoms with Crippen LogP contribution in [0.3, 0.4) is 0 Å². The lowest BCUT2D eigenvalue weighted by molar-refractivity contribution is -0.143. The lowest BCUT2D eigenvalue weighted by atomic mass is 9.89. The summed E-state index contributed by atoms with van der Waals surface area (Å²) in [4.78, 5) is 11.5. The van der Waals surface area contributed by atoms with Gasteiger partial charge in [0, 0.05) is 6.42 Å². The normalized spacial score (nSPS) is 20.1. The van der Waals surface area contributed by atoms with Crippen LogP contribution >= 0.6 is 0 Å². The number of fused-ring (bicyclic) bond motifs is 3. The molecule has 0 saturated carbocycles. The molecule has 2 aromatic carbocycles. The number of hydrogen-bond donors (Lipinski definition) is 1. The lowest BCUT2D eigenvalue weighted by Crippen LogP contribution is -2.25. The minimum absolute atomic E-state index is 0.0797. The highest BCUT2D eigenvalue weighted by molar-refractivity contribution is 5.84. The van der Waals surface area contributed by atoms with E-state index in [-0.39, 0.29) is 11.7 Å². The van der Waals surface area contributed by atoms with Gasteiger partial charge in [-0.3, -0.25) is 6.42 Å². The first-order chi connectivity index (χ1) is 10.7. The summed E-state index contributed by atoms with van der Waals surface area (Å²) in [5, 5.41) is 9.65. The summed E-state index contributed by atoms with van der Waals surface area (Å²) in [6.45, 7) is 0. The van der Waals surface area contributed by atoms with Gasteiger partial charge in [-0.05, 0) is 17.2 Å². The van der Waals surface area contributed by atoms with Gasteiger partial charge in [0.1, 0.15) is 5.76 Å². The summed E-state index contributed by atoms with van der Waals surface area (Å²) in [5.74, 6) is -0.322. The van der Waals surface area contributed by atoms with Crippen molar-refractivity contribution in [1.29, 1.82) is 0 Å². The topological polar surface area (TPSA) is 46.5 Å². The first-order valence-corrected chi connectivity index (χ1v) is 7.36. The summed E-state index contributed by atoms with van der Waals surface area (Å²) in [6.07, 6.45) is 3.10. The standard InChI is InChI=1S/C19H15O3/c20-12-9-13(22-19(21)10-12)11-18-16-7-3-1-5-14(16)15-6-2-4-8-17(15)18/h1-8,10-11,13,18,20H,9H2/q-1/t13-/m0/s1. The van der Waals surface area contributed by atoms with Gasteiger partial charge in [0.25, 0.3) is 0 Å². The van der Waals surface area contributed by atoms with Crippen LogP contribution in [-0.2, 0) is 9.53 Å². The zero-order chi connectivity index (χ0) is 15.1. The van der Waals surface area contributed by atoms with E-state index >= 15 is 0 Å². The van der Waals surface area contributed by atoms with Crippen molar-refractivity contribution in [1.82, 2.24) is 0 Å². The molecule has 0 saturated heterocycles. The van der Waals surface area contributed by atoms with Gasteiger partial charge < -0.3 is 9.84 Å². The van der Waals surface area contributed by atoms with Crippen molar-refractivity contribution in [3.05, 3.63) is 77.9 Å². The van der Waals surface area contributed by atoms with Crippen LogP contribution < -0.4 is 0 Å². The fourth-order valence-electron chi connectivity index (χ4n) is 3.35. The molecule has 1 N–H and O–H groups in total. The summed E-state index contributed by atoms with van der Waals surface area (Å²) >= 11 is 0. The van der Waals surface area contributed by atoms with E-state index in [1.807, 2.05) is 30.7 Å². The number of cyclic esters (lactones) is 1. The first kappa shape index (κ1) is 13.1. The van der Waals surface area contributed by atoms with Crippen LogP contribution in [-0.4, -0.2) is 17.2 Å². The molecular formula is C19H15O3-. The Morgan fingerprint density at radius 3 is 2.18 bits per heavy atom. The summed E-state index contributed by atoms with van der Waals surface area (Å²) in [6, 6.07) is 16.6. The second-order valence-electron chi connectivity index (χ2n) is 5.66. The predicted molar refractivity (Wildman–Crippen MR) is 83.2 cm³/mol. The molecule has 1 aliphatic carbocycles. The maximum Gasteiger partial charge on any atom is 0.331 e. The second kappa shape index (κ2) is 5.02. The first-order valence-electron chi connectivity index (χ1n) is 7.36. The molecule has 1 atom stereocenters. The monoisotopic (exact) mass is 291 g/mol. The Morgan fingerprint density at radius 1 is 1.00 bits per heavy atom. The van der Waals surface area contributed by atoms with Crippen LogP contribution in [0.1, 0.15) is 23.5 Å². The Bertz CT molecular complexity index is 730. The largest absolute Gasteiger partial charge is 0.512 e. The van der Waals surface area contributed by atoms with Gasteiger partial charge in [-0.25, -0.2) is 4.79 Å². The van der Waals surface area contributed by atoms with E-state index in [1.54, 1.807) is 0 Å². The number of carbonyl (C=O) groups is 1. The van der Waals surface area contributed by atoms with Crippen LogP contribution in [0.15, 0.2) is 60.4 Å². The fraction of sp³-hybridized carbons (Fsp3) is 0.158. The van der Waals surface area contributed by atoms with Crippen molar-refractivity contribution in [2.75, 3.05) is 0 Å². The molecule has 1 heterocycles. The molecule has 0 unspecified atom stereocenters. The van der Waals surface area contributed by atoms with E-state index in [1.165, 1.54) is 22.3 Å². The average molecular weight is 291 g/mol. The molecule has 0 aromatic heterocycles. The number of carbonyl (C=O) groups excluding carboxylic acids is 1. The van der Waals surface area contributed by atoms with E-state index in [2.05, 4.69) is 24.3 Å². The maximum atomic E-state index is 11.5. The van der Waals surface area contributed by atoms with Crippen LogP contribution in [0, 0.1) is 6.42 Å². The number of rotatable bonds is 2. The van der Waals surface area contributed by atoms with Crippen LogP contribution in [0.5, 0.6) is 0 Å². The summed E-state index contributed by atoms with van der Waals surface area (Å²) in [7, 11) is 0. The quantitative estimate of drug-likeness (QED) is 0.677. The number of esters is 1. The Kier molecular flexibility index (Phi) is 3.00. The third-order valence-corrected chi connectivity index (χ3v) is 4.25. The highest BCUT2D eigenvalue weighted by Gasteiger charge is 2.26. The van der Waals surface area contributed by atoms with Crippen molar-refractivity contribution < 1.29 is 14.6 Å². The number of hydrogen-bond acceptors (Lipinski definition) is 3. The highest BCUT2D eigenvalue weighted by atomic mass is 16.5. The molecule has 0 spiro atoms. The molecule has 0 amide bonds. The van der Waals surface area contributed by atoms with Crippen molar-refractivity contribution in [2.45, 2.75) is 18.4 Å². The minimum Gasteiger partial charge on any atom is -0.512 e. The smallest absolute Gasteiger partial charge is 0.331 e. The lowest BCUT2D eigenvalue weighted by Gasteiger charge is -2.33. The minimum atomic E-state index is -0.482. The van der Waals surface area contributed by atoms with Gasteiger partial charge in [-0.1, -0.05) is 59.7 Å². The summed E-state index contributed by atoms with van der Waals surface area (Å²) in [5.41, 5.74) is 4.88. The molecule has 2 aliphatic rings. The molecular weight excluding hydrogens is 276 g/mol. The SMILES string of the molecule is O=C1C=C(O)C[C@@H]([CH-]C2c3ccccc3-c3ccccc32)O1. The van der Waals surface area contributed by atoms with Crippen LogP contribution in [0.2, 0.25) is 0 Å². The zero-order valence-corrected chi connectivity index (χ0v) is 11.9. The molecule has 110 valence electrons. The van der Waals surface area contributed by atoms with Gasteiger partial charge in [0.2, 0.25) is 0 Å². The molecule has 3 nitrogen and oxygen atoms in total. The highest BCUT2D eigenvalue weighted by Crippen LogP contribution is 2.46.